The molecule has 0 radical (unpaired) electrons. The van der Waals surface area contributed by atoms with E-state index in [0.717, 1.165) is 49.0 Å². The number of carbonyl (C=O) groups excluding carboxylic acids is 2. The molecule has 0 bridgehead atoms. The lowest BCUT2D eigenvalue weighted by atomic mass is 9.99. The Bertz CT molecular complexity index is 849. The number of rotatable bonds is 11. The van der Waals surface area contributed by atoms with E-state index in [2.05, 4.69) is 45.7 Å². The van der Waals surface area contributed by atoms with Crippen LogP contribution in [0.4, 0.5) is 0 Å². The van der Waals surface area contributed by atoms with Gasteiger partial charge in [0, 0.05) is 19.7 Å². The normalized spacial score (nSPS) is 12.0. The highest BCUT2D eigenvalue weighted by Gasteiger charge is 2.21. The largest absolute Gasteiger partial charge is 0.492 e. The molecule has 0 spiro atoms. The Morgan fingerprint density at radius 1 is 0.929 bits per heavy atom. The molecule has 1 unspecified atom stereocenters. The number of ether oxygens (including phenoxy) is 2. The zero-order chi connectivity index (χ0) is 20.7. The van der Waals surface area contributed by atoms with E-state index < -0.39 is 0 Å². The molecular formula is C22H26Br2O4. The third-order valence-electron chi connectivity index (χ3n) is 4.86. The molecule has 0 amide bonds. The fourth-order valence-electron chi connectivity index (χ4n) is 3.22. The van der Waals surface area contributed by atoms with Crippen LogP contribution in [0.5, 0.6) is 11.5 Å². The third-order valence-corrected chi connectivity index (χ3v) is 6.17. The predicted molar refractivity (Wildman–Crippen MR) is 120 cm³/mol. The van der Waals surface area contributed by atoms with E-state index in [0.29, 0.717) is 50.7 Å². The van der Waals surface area contributed by atoms with Crippen molar-refractivity contribution in [1.82, 2.24) is 0 Å². The minimum atomic E-state index is 0.421. The van der Waals surface area contributed by atoms with E-state index in [1.54, 1.807) is 0 Å². The summed E-state index contributed by atoms with van der Waals surface area (Å²) in [6.07, 6.45) is 5.99. The number of hydrogen-bond acceptors (Lipinski definition) is 4. The monoisotopic (exact) mass is 512 g/mol. The summed E-state index contributed by atoms with van der Waals surface area (Å²) in [6.45, 7) is 7.17. The molecule has 0 heterocycles. The molecule has 2 aromatic carbocycles. The molecule has 0 aliphatic carbocycles. The van der Waals surface area contributed by atoms with Crippen molar-refractivity contribution in [2.24, 2.45) is 5.92 Å². The molecule has 0 saturated heterocycles. The lowest BCUT2D eigenvalue weighted by Crippen LogP contribution is -2.13. The molecule has 0 aromatic heterocycles. The Morgan fingerprint density at radius 3 is 1.89 bits per heavy atom. The Morgan fingerprint density at radius 2 is 1.46 bits per heavy atom. The molecule has 2 aromatic rings. The van der Waals surface area contributed by atoms with Gasteiger partial charge in [0.2, 0.25) is 0 Å². The van der Waals surface area contributed by atoms with Gasteiger partial charge in [-0.05, 0) is 63.3 Å². The van der Waals surface area contributed by atoms with Gasteiger partial charge in [-0.3, -0.25) is 9.59 Å². The first-order valence-electron chi connectivity index (χ1n) is 9.66. The molecule has 4 nitrogen and oxygen atoms in total. The minimum absolute atomic E-state index is 0.421. The van der Waals surface area contributed by atoms with Gasteiger partial charge in [-0.25, -0.2) is 0 Å². The van der Waals surface area contributed by atoms with Crippen LogP contribution in [0.1, 0.15) is 67.2 Å². The van der Waals surface area contributed by atoms with Crippen molar-refractivity contribution in [1.29, 1.82) is 0 Å². The predicted octanol–water partition coefficient (Wildman–Crippen LogP) is 6.98. The van der Waals surface area contributed by atoms with Gasteiger partial charge in [-0.15, -0.1) is 0 Å². The zero-order valence-electron chi connectivity index (χ0n) is 16.5. The molecular weight excluding hydrogens is 488 g/mol. The Kier molecular flexibility index (Phi) is 8.96. The highest BCUT2D eigenvalue weighted by Crippen LogP contribution is 2.43. The number of hydrogen-bond donors (Lipinski definition) is 0. The topological polar surface area (TPSA) is 52.6 Å². The van der Waals surface area contributed by atoms with Crippen LogP contribution in [-0.4, -0.2) is 25.8 Å². The van der Waals surface area contributed by atoms with E-state index >= 15 is 0 Å². The second kappa shape index (κ2) is 11.0. The van der Waals surface area contributed by atoms with E-state index in [9.17, 15) is 9.59 Å². The summed E-state index contributed by atoms with van der Waals surface area (Å²) in [5.41, 5.74) is 0.909. The molecule has 0 saturated carbocycles. The van der Waals surface area contributed by atoms with Gasteiger partial charge in [0.05, 0.1) is 24.3 Å². The summed E-state index contributed by atoms with van der Waals surface area (Å²) < 4.78 is 13.2. The van der Waals surface area contributed by atoms with Gasteiger partial charge in [0.25, 0.3) is 0 Å². The van der Waals surface area contributed by atoms with Gasteiger partial charge >= 0.3 is 0 Å². The number of aldehydes is 2. The molecule has 0 fully saturated rings. The van der Waals surface area contributed by atoms with Crippen molar-refractivity contribution >= 4 is 55.2 Å². The van der Waals surface area contributed by atoms with Crippen LogP contribution in [0.15, 0.2) is 21.1 Å². The van der Waals surface area contributed by atoms with Crippen molar-refractivity contribution in [2.45, 2.75) is 46.5 Å². The summed E-state index contributed by atoms with van der Waals surface area (Å²) in [5, 5.41) is 1.48. The summed E-state index contributed by atoms with van der Waals surface area (Å²) in [4.78, 5) is 23.4. The van der Waals surface area contributed by atoms with Crippen molar-refractivity contribution < 1.29 is 19.1 Å². The number of unbranched alkanes of at least 4 members (excludes halogenated alkanes) is 1. The zero-order valence-corrected chi connectivity index (χ0v) is 19.7. The second-order valence-electron chi connectivity index (χ2n) is 6.69. The van der Waals surface area contributed by atoms with E-state index in [1.165, 1.54) is 0 Å². The van der Waals surface area contributed by atoms with Crippen LogP contribution in [0.2, 0.25) is 0 Å². The summed E-state index contributed by atoms with van der Waals surface area (Å²) in [5.74, 6) is 1.44. The molecule has 0 aliphatic rings. The van der Waals surface area contributed by atoms with E-state index in [1.807, 2.05) is 19.1 Å². The van der Waals surface area contributed by atoms with Crippen LogP contribution >= 0.6 is 31.9 Å². The van der Waals surface area contributed by atoms with Gasteiger partial charge in [-0.1, -0.05) is 33.1 Å². The lowest BCUT2D eigenvalue weighted by Gasteiger charge is -2.20. The maximum atomic E-state index is 11.8. The average Bonchev–Trinajstić information content (AvgIpc) is 2.69. The maximum absolute atomic E-state index is 11.8. The molecule has 0 N–H and O–H groups in total. The van der Waals surface area contributed by atoms with E-state index in [-0.39, 0.29) is 0 Å². The first kappa shape index (κ1) is 22.9. The van der Waals surface area contributed by atoms with Crippen LogP contribution in [-0.2, 0) is 0 Å². The summed E-state index contributed by atoms with van der Waals surface area (Å²) in [7, 11) is 0. The van der Waals surface area contributed by atoms with Gasteiger partial charge < -0.3 is 9.47 Å². The molecule has 1 atom stereocenters. The highest BCUT2D eigenvalue weighted by molar-refractivity contribution is 9.10. The Labute approximate surface area is 183 Å². The first-order valence-corrected chi connectivity index (χ1v) is 11.2. The smallest absolute Gasteiger partial charge is 0.154 e. The van der Waals surface area contributed by atoms with Gasteiger partial charge in [0.1, 0.15) is 11.5 Å². The second-order valence-corrected chi connectivity index (χ2v) is 8.40. The quantitative estimate of drug-likeness (QED) is 0.304. The Hall–Kier alpha value is -1.40. The van der Waals surface area contributed by atoms with Gasteiger partial charge in [-0.2, -0.15) is 0 Å². The summed E-state index contributed by atoms with van der Waals surface area (Å²) >= 11 is 6.94. The van der Waals surface area contributed by atoms with Crippen molar-refractivity contribution in [3.8, 4) is 11.5 Å². The number of fused-ring (bicyclic) bond motifs is 1. The SMILES string of the molecule is CCCCC(CC)COc1c(C=O)c(Br)cc2c(OCC)c(C=O)c(Br)cc12. The van der Waals surface area contributed by atoms with Crippen molar-refractivity contribution in [3.63, 3.8) is 0 Å². The third kappa shape index (κ3) is 4.95. The van der Waals surface area contributed by atoms with E-state index in [4.69, 9.17) is 9.47 Å². The molecule has 6 heteroatoms. The van der Waals surface area contributed by atoms with Gasteiger partial charge in [0.15, 0.2) is 12.6 Å². The standard InChI is InChI=1S/C22H26Br2O4/c1-4-7-8-14(5-2)13-28-22-16-10-19(23)17(11-25)21(27-6-3)15(16)9-20(24)18(22)12-26/h9-12,14H,4-8,13H2,1-3H3. The van der Waals surface area contributed by atoms with Crippen LogP contribution in [0.25, 0.3) is 10.8 Å². The number of carbonyl (C=O) groups is 2. The van der Waals surface area contributed by atoms with Crippen LogP contribution in [0.3, 0.4) is 0 Å². The van der Waals surface area contributed by atoms with Crippen LogP contribution < -0.4 is 9.47 Å². The fraction of sp³-hybridized carbons (Fsp3) is 0.455. The molecule has 152 valence electrons. The number of benzene rings is 2. The molecule has 28 heavy (non-hydrogen) atoms. The average molecular weight is 514 g/mol. The molecule has 0 aliphatic heterocycles. The lowest BCUT2D eigenvalue weighted by molar-refractivity contribution is 0.111. The van der Waals surface area contributed by atoms with Crippen molar-refractivity contribution in [2.75, 3.05) is 13.2 Å². The first-order chi connectivity index (χ1) is 13.5. The fourth-order valence-corrected chi connectivity index (χ4v) is 4.23. The van der Waals surface area contributed by atoms with Crippen LogP contribution in [0, 0.1) is 5.92 Å². The Balaban J connectivity index is 2.62. The maximum Gasteiger partial charge on any atom is 0.154 e. The molecule has 2 rings (SSSR count). The number of halogens is 2. The highest BCUT2D eigenvalue weighted by atomic mass is 79.9. The summed E-state index contributed by atoms with van der Waals surface area (Å²) in [6, 6.07) is 3.63. The van der Waals surface area contributed by atoms with Crippen molar-refractivity contribution in [3.05, 3.63) is 32.2 Å². The minimum Gasteiger partial charge on any atom is -0.492 e.